The molecule has 1 aromatic rings. The molecular formula is C12H16FNOS. The molecule has 88 valence electrons. The fourth-order valence-corrected chi connectivity index (χ4v) is 1.31. The molecule has 0 saturated carbocycles. The van der Waals surface area contributed by atoms with Crippen molar-refractivity contribution in [1.82, 2.24) is 0 Å². The highest BCUT2D eigenvalue weighted by Gasteiger charge is 2.07. The maximum atomic E-state index is 13.5. The molecule has 0 aliphatic carbocycles. The number of rotatable bonds is 5. The van der Waals surface area contributed by atoms with Gasteiger partial charge in [0.05, 0.1) is 6.61 Å². The van der Waals surface area contributed by atoms with Crippen LogP contribution < -0.4 is 10.5 Å². The van der Waals surface area contributed by atoms with Crippen LogP contribution in [0.3, 0.4) is 0 Å². The van der Waals surface area contributed by atoms with Gasteiger partial charge in [-0.25, -0.2) is 4.39 Å². The van der Waals surface area contributed by atoms with E-state index in [2.05, 4.69) is 13.8 Å². The van der Waals surface area contributed by atoms with Gasteiger partial charge in [-0.3, -0.25) is 0 Å². The number of hydrogen-bond donors (Lipinski definition) is 1. The van der Waals surface area contributed by atoms with Gasteiger partial charge in [0.15, 0.2) is 0 Å². The molecule has 0 spiro atoms. The summed E-state index contributed by atoms with van der Waals surface area (Å²) in [7, 11) is 0. The van der Waals surface area contributed by atoms with Crippen LogP contribution in [0.15, 0.2) is 18.2 Å². The van der Waals surface area contributed by atoms with Gasteiger partial charge in [-0.05, 0) is 18.1 Å². The molecule has 16 heavy (non-hydrogen) atoms. The summed E-state index contributed by atoms with van der Waals surface area (Å²) >= 11 is 4.71. The van der Waals surface area contributed by atoms with Crippen LogP contribution in [0.25, 0.3) is 0 Å². The number of thiocarbonyl (C=S) groups is 1. The minimum absolute atomic E-state index is 0.0611. The van der Waals surface area contributed by atoms with E-state index in [9.17, 15) is 4.39 Å². The molecule has 1 aromatic carbocycles. The summed E-state index contributed by atoms with van der Waals surface area (Å²) in [5.74, 6) is 0.533. The normalized spacial score (nSPS) is 12.2. The molecule has 1 atom stereocenters. The van der Waals surface area contributed by atoms with Gasteiger partial charge in [0.2, 0.25) is 0 Å². The standard InChI is InChI=1S/C12H16FNOS/c1-3-8(2)7-15-9-4-5-10(12(14)16)11(13)6-9/h4-6,8H,3,7H2,1-2H3,(H2,14,16). The summed E-state index contributed by atoms with van der Waals surface area (Å²) in [5, 5.41) is 0. The average molecular weight is 241 g/mol. The first-order chi connectivity index (χ1) is 7.54. The number of hydrogen-bond acceptors (Lipinski definition) is 2. The van der Waals surface area contributed by atoms with Gasteiger partial charge in [-0.2, -0.15) is 0 Å². The molecule has 0 saturated heterocycles. The summed E-state index contributed by atoms with van der Waals surface area (Å²) in [4.78, 5) is 0.0611. The maximum absolute atomic E-state index is 13.5. The molecule has 1 unspecified atom stereocenters. The smallest absolute Gasteiger partial charge is 0.137 e. The van der Waals surface area contributed by atoms with Crippen LogP contribution >= 0.6 is 12.2 Å². The maximum Gasteiger partial charge on any atom is 0.137 e. The number of nitrogens with two attached hydrogens (primary N) is 1. The Morgan fingerprint density at radius 3 is 2.75 bits per heavy atom. The lowest BCUT2D eigenvalue weighted by molar-refractivity contribution is 0.255. The number of halogens is 1. The molecule has 0 heterocycles. The molecular weight excluding hydrogens is 225 g/mol. The first-order valence-corrected chi connectivity index (χ1v) is 5.67. The van der Waals surface area contributed by atoms with E-state index in [1.54, 1.807) is 12.1 Å². The van der Waals surface area contributed by atoms with Gasteiger partial charge in [-0.1, -0.05) is 32.5 Å². The lowest BCUT2D eigenvalue weighted by atomic mass is 10.1. The Bertz CT molecular complexity index is 381. The van der Waals surface area contributed by atoms with Crippen LogP contribution in [0.4, 0.5) is 4.39 Å². The van der Waals surface area contributed by atoms with Crippen LogP contribution in [0.5, 0.6) is 5.75 Å². The van der Waals surface area contributed by atoms with Crippen molar-refractivity contribution in [3.63, 3.8) is 0 Å². The molecule has 0 aromatic heterocycles. The molecule has 0 radical (unpaired) electrons. The van der Waals surface area contributed by atoms with Gasteiger partial charge in [-0.15, -0.1) is 0 Å². The van der Waals surface area contributed by atoms with Gasteiger partial charge in [0.25, 0.3) is 0 Å². The van der Waals surface area contributed by atoms with E-state index >= 15 is 0 Å². The number of benzene rings is 1. The van der Waals surface area contributed by atoms with Crippen molar-refractivity contribution in [2.75, 3.05) is 6.61 Å². The van der Waals surface area contributed by atoms with E-state index in [0.717, 1.165) is 6.42 Å². The third-order valence-corrected chi connectivity index (χ3v) is 2.66. The molecule has 0 aliphatic rings. The first-order valence-electron chi connectivity index (χ1n) is 5.26. The second kappa shape index (κ2) is 5.80. The molecule has 0 bridgehead atoms. The van der Waals surface area contributed by atoms with Gasteiger partial charge in [0, 0.05) is 11.6 Å². The second-order valence-corrected chi connectivity index (χ2v) is 4.27. The Kier molecular flexibility index (Phi) is 4.68. The van der Waals surface area contributed by atoms with E-state index < -0.39 is 5.82 Å². The summed E-state index contributed by atoms with van der Waals surface area (Å²) in [6.45, 7) is 4.76. The zero-order chi connectivity index (χ0) is 12.1. The Hall–Kier alpha value is -1.16. The van der Waals surface area contributed by atoms with E-state index in [0.29, 0.717) is 18.3 Å². The third kappa shape index (κ3) is 3.45. The van der Waals surface area contributed by atoms with Crippen LogP contribution in [0, 0.1) is 11.7 Å². The molecule has 0 fully saturated rings. The second-order valence-electron chi connectivity index (χ2n) is 3.83. The molecule has 4 heteroatoms. The largest absolute Gasteiger partial charge is 0.493 e. The van der Waals surface area contributed by atoms with Crippen molar-refractivity contribution < 1.29 is 9.13 Å². The number of ether oxygens (including phenoxy) is 1. The monoisotopic (exact) mass is 241 g/mol. The van der Waals surface area contributed by atoms with E-state index in [1.807, 2.05) is 0 Å². The molecule has 2 N–H and O–H groups in total. The van der Waals surface area contributed by atoms with Gasteiger partial charge < -0.3 is 10.5 Å². The zero-order valence-corrected chi connectivity index (χ0v) is 10.3. The van der Waals surface area contributed by atoms with Crippen molar-refractivity contribution >= 4 is 17.2 Å². The quantitative estimate of drug-likeness (QED) is 0.805. The predicted octanol–water partition coefficient (Wildman–Crippen LogP) is 2.88. The van der Waals surface area contributed by atoms with Crippen molar-refractivity contribution in [1.29, 1.82) is 0 Å². The molecule has 2 nitrogen and oxygen atoms in total. The lowest BCUT2D eigenvalue weighted by Gasteiger charge is -2.11. The van der Waals surface area contributed by atoms with Gasteiger partial charge in [0.1, 0.15) is 16.6 Å². The SMILES string of the molecule is CCC(C)COc1ccc(C(N)=S)c(F)c1. The first kappa shape index (κ1) is 12.9. The van der Waals surface area contributed by atoms with Crippen LogP contribution in [-0.2, 0) is 0 Å². The van der Waals surface area contributed by atoms with Crippen LogP contribution in [0.2, 0.25) is 0 Å². The lowest BCUT2D eigenvalue weighted by Crippen LogP contribution is -2.12. The highest BCUT2D eigenvalue weighted by Crippen LogP contribution is 2.17. The van der Waals surface area contributed by atoms with E-state index in [4.69, 9.17) is 22.7 Å². The highest BCUT2D eigenvalue weighted by atomic mass is 32.1. The van der Waals surface area contributed by atoms with Crippen LogP contribution in [-0.4, -0.2) is 11.6 Å². The Morgan fingerprint density at radius 2 is 2.25 bits per heavy atom. The Morgan fingerprint density at radius 1 is 1.56 bits per heavy atom. The molecule has 0 aliphatic heterocycles. The summed E-state index contributed by atoms with van der Waals surface area (Å²) in [5.41, 5.74) is 5.61. The Labute approximate surface area is 101 Å². The molecule has 1 rings (SSSR count). The summed E-state index contributed by atoms with van der Waals surface area (Å²) < 4.78 is 18.9. The van der Waals surface area contributed by atoms with Crippen molar-refractivity contribution in [2.45, 2.75) is 20.3 Å². The molecule has 0 amide bonds. The van der Waals surface area contributed by atoms with Crippen molar-refractivity contribution in [3.05, 3.63) is 29.6 Å². The fraction of sp³-hybridized carbons (Fsp3) is 0.417. The zero-order valence-electron chi connectivity index (χ0n) is 9.50. The third-order valence-electron chi connectivity index (χ3n) is 2.44. The van der Waals surface area contributed by atoms with Crippen molar-refractivity contribution in [3.8, 4) is 5.75 Å². The fourth-order valence-electron chi connectivity index (χ4n) is 1.14. The average Bonchev–Trinajstić information content (AvgIpc) is 2.25. The summed E-state index contributed by atoms with van der Waals surface area (Å²) in [6.07, 6.45) is 1.04. The van der Waals surface area contributed by atoms with Crippen molar-refractivity contribution in [2.24, 2.45) is 11.7 Å². The summed E-state index contributed by atoms with van der Waals surface area (Å²) in [6, 6.07) is 4.54. The Balaban J connectivity index is 2.70. The van der Waals surface area contributed by atoms with E-state index in [-0.39, 0.29) is 10.6 Å². The minimum Gasteiger partial charge on any atom is -0.493 e. The van der Waals surface area contributed by atoms with Crippen LogP contribution in [0.1, 0.15) is 25.8 Å². The van der Waals surface area contributed by atoms with Gasteiger partial charge >= 0.3 is 0 Å². The predicted molar refractivity (Wildman–Crippen MR) is 67.2 cm³/mol. The van der Waals surface area contributed by atoms with E-state index in [1.165, 1.54) is 6.07 Å². The minimum atomic E-state index is -0.436. The highest BCUT2D eigenvalue weighted by molar-refractivity contribution is 7.80. The topological polar surface area (TPSA) is 35.2 Å².